The highest BCUT2D eigenvalue weighted by Gasteiger charge is 2.49. The van der Waals surface area contributed by atoms with Gasteiger partial charge in [0, 0.05) is 20.1 Å². The summed E-state index contributed by atoms with van der Waals surface area (Å²) in [5, 5.41) is 14.0. The maximum absolute atomic E-state index is 11.7. The van der Waals surface area contributed by atoms with Crippen LogP contribution in [0.15, 0.2) is 4.47 Å². The number of carbonyl (C=O) groups is 1. The van der Waals surface area contributed by atoms with Crippen molar-refractivity contribution in [3.8, 4) is 0 Å². The van der Waals surface area contributed by atoms with Gasteiger partial charge in [-0.05, 0) is 35.7 Å². The summed E-state index contributed by atoms with van der Waals surface area (Å²) in [5.41, 5.74) is 1.04. The van der Waals surface area contributed by atoms with E-state index in [1.165, 1.54) is 0 Å². The lowest BCUT2D eigenvalue weighted by atomic mass is 9.77. The number of rotatable bonds is 4. The average molecular weight is 331 g/mol. The predicted octanol–water partition coefficient (Wildman–Crippen LogP) is 2.17. The Hall–Kier alpha value is -0.880. The summed E-state index contributed by atoms with van der Waals surface area (Å²) in [6.07, 6.45) is 1.52. The number of ether oxygens (including phenoxy) is 1. The standard InChI is InChI=1S/C13H19BrN2O3/c1-4-9-11(14)10(16(3)15-9)7-13(12(17)18)5-6-19-8(13)2/h8H,4-7H2,1-3H3,(H,17,18). The van der Waals surface area contributed by atoms with Gasteiger partial charge in [-0.15, -0.1) is 0 Å². The van der Waals surface area contributed by atoms with Gasteiger partial charge in [0.1, 0.15) is 5.41 Å². The summed E-state index contributed by atoms with van der Waals surface area (Å²) in [5.74, 6) is -0.788. The molecular formula is C13H19BrN2O3. The van der Waals surface area contributed by atoms with Gasteiger partial charge >= 0.3 is 5.97 Å². The van der Waals surface area contributed by atoms with Gasteiger partial charge in [-0.3, -0.25) is 9.48 Å². The van der Waals surface area contributed by atoms with E-state index >= 15 is 0 Å². The van der Waals surface area contributed by atoms with Crippen LogP contribution in [0.2, 0.25) is 0 Å². The van der Waals surface area contributed by atoms with E-state index in [9.17, 15) is 9.90 Å². The molecule has 5 nitrogen and oxygen atoms in total. The van der Waals surface area contributed by atoms with E-state index in [1.54, 1.807) is 4.68 Å². The van der Waals surface area contributed by atoms with E-state index in [0.717, 1.165) is 22.3 Å². The lowest BCUT2D eigenvalue weighted by Gasteiger charge is -2.27. The summed E-state index contributed by atoms with van der Waals surface area (Å²) in [6.45, 7) is 4.38. The maximum atomic E-state index is 11.7. The molecule has 1 aliphatic heterocycles. The summed E-state index contributed by atoms with van der Waals surface area (Å²) < 4.78 is 8.19. The minimum atomic E-state index is -0.846. The molecule has 1 aromatic heterocycles. The van der Waals surface area contributed by atoms with Crippen molar-refractivity contribution < 1.29 is 14.6 Å². The van der Waals surface area contributed by atoms with Crippen LogP contribution in [-0.4, -0.2) is 33.6 Å². The Balaban J connectivity index is 2.38. The van der Waals surface area contributed by atoms with Gasteiger partial charge in [0.05, 0.1) is 22.0 Å². The highest BCUT2D eigenvalue weighted by atomic mass is 79.9. The fourth-order valence-corrected chi connectivity index (χ4v) is 3.44. The third-order valence-corrected chi connectivity index (χ3v) is 5.02. The van der Waals surface area contributed by atoms with Crippen molar-refractivity contribution in [1.82, 2.24) is 9.78 Å². The molecule has 6 heteroatoms. The van der Waals surface area contributed by atoms with Crippen LogP contribution in [0, 0.1) is 5.41 Å². The number of halogens is 1. The third-order valence-electron chi connectivity index (χ3n) is 4.11. The monoisotopic (exact) mass is 330 g/mol. The number of hydrogen-bond acceptors (Lipinski definition) is 3. The molecule has 1 N–H and O–H groups in total. The van der Waals surface area contributed by atoms with Crippen LogP contribution < -0.4 is 0 Å². The second-order valence-electron chi connectivity index (χ2n) is 5.09. The van der Waals surface area contributed by atoms with Crippen molar-refractivity contribution in [3.05, 3.63) is 15.9 Å². The molecule has 0 bridgehead atoms. The van der Waals surface area contributed by atoms with Gasteiger partial charge < -0.3 is 9.84 Å². The molecule has 0 aromatic carbocycles. The number of nitrogens with zero attached hydrogens (tertiary/aromatic N) is 2. The van der Waals surface area contributed by atoms with Crippen LogP contribution >= 0.6 is 15.9 Å². The van der Waals surface area contributed by atoms with Crippen molar-refractivity contribution in [2.45, 2.75) is 39.2 Å². The molecule has 0 aliphatic carbocycles. The van der Waals surface area contributed by atoms with Gasteiger partial charge in [0.25, 0.3) is 0 Å². The van der Waals surface area contributed by atoms with Crippen LogP contribution in [0.4, 0.5) is 0 Å². The molecule has 0 amide bonds. The summed E-state index contributed by atoms with van der Waals surface area (Å²) >= 11 is 3.55. The fraction of sp³-hybridized carbons (Fsp3) is 0.692. The molecule has 0 spiro atoms. The van der Waals surface area contributed by atoms with Gasteiger partial charge in [-0.1, -0.05) is 6.92 Å². The second kappa shape index (κ2) is 5.25. The molecule has 1 aliphatic rings. The lowest BCUT2D eigenvalue weighted by Crippen LogP contribution is -2.40. The molecule has 0 saturated carbocycles. The molecule has 2 heterocycles. The smallest absolute Gasteiger partial charge is 0.312 e. The second-order valence-corrected chi connectivity index (χ2v) is 5.88. The van der Waals surface area contributed by atoms with Gasteiger partial charge in [0.15, 0.2) is 0 Å². The predicted molar refractivity (Wildman–Crippen MR) is 74.1 cm³/mol. The highest BCUT2D eigenvalue weighted by Crippen LogP contribution is 2.40. The maximum Gasteiger partial charge on any atom is 0.312 e. The van der Waals surface area contributed by atoms with Crippen LogP contribution in [0.5, 0.6) is 0 Å². The first-order chi connectivity index (χ1) is 8.92. The largest absolute Gasteiger partial charge is 0.481 e. The summed E-state index contributed by atoms with van der Waals surface area (Å²) in [6, 6.07) is 0. The van der Waals surface area contributed by atoms with E-state index < -0.39 is 11.4 Å². The number of aliphatic carboxylic acids is 1. The Bertz CT molecular complexity index is 500. The van der Waals surface area contributed by atoms with Crippen LogP contribution in [-0.2, 0) is 29.4 Å². The first kappa shape index (κ1) is 14.5. The topological polar surface area (TPSA) is 64.4 Å². The van der Waals surface area contributed by atoms with Gasteiger partial charge in [0.2, 0.25) is 0 Å². The molecule has 1 saturated heterocycles. The first-order valence-electron chi connectivity index (χ1n) is 6.47. The van der Waals surface area contributed by atoms with Crippen molar-refractivity contribution >= 4 is 21.9 Å². The summed E-state index contributed by atoms with van der Waals surface area (Å²) in [4.78, 5) is 11.7. The number of hydrogen-bond donors (Lipinski definition) is 1. The molecule has 19 heavy (non-hydrogen) atoms. The van der Waals surface area contributed by atoms with Gasteiger partial charge in [-0.2, -0.15) is 5.10 Å². The molecule has 106 valence electrons. The minimum absolute atomic E-state index is 0.281. The Kier molecular flexibility index (Phi) is 4.01. The Morgan fingerprint density at radius 3 is 2.79 bits per heavy atom. The van der Waals surface area contributed by atoms with E-state index in [2.05, 4.69) is 21.0 Å². The zero-order valence-electron chi connectivity index (χ0n) is 11.4. The number of aromatic nitrogens is 2. The SMILES string of the molecule is CCc1nn(C)c(CC2(C(=O)O)CCOC2C)c1Br. The summed E-state index contributed by atoms with van der Waals surface area (Å²) in [7, 11) is 1.86. The average Bonchev–Trinajstić information content (AvgIpc) is 2.85. The Labute approximate surface area is 121 Å². The van der Waals surface area contributed by atoms with Gasteiger partial charge in [-0.25, -0.2) is 0 Å². The third kappa shape index (κ3) is 2.31. The van der Waals surface area contributed by atoms with E-state index in [0.29, 0.717) is 19.4 Å². The highest BCUT2D eigenvalue weighted by molar-refractivity contribution is 9.10. The van der Waals surface area contributed by atoms with E-state index in [1.807, 2.05) is 20.9 Å². The number of carboxylic acids is 1. The lowest BCUT2D eigenvalue weighted by molar-refractivity contribution is -0.151. The Morgan fingerprint density at radius 1 is 1.68 bits per heavy atom. The zero-order valence-corrected chi connectivity index (χ0v) is 13.0. The molecule has 0 radical (unpaired) electrons. The molecule has 2 rings (SSSR count). The Morgan fingerprint density at radius 2 is 2.37 bits per heavy atom. The number of aryl methyl sites for hydroxylation is 2. The molecule has 1 aromatic rings. The number of carboxylic acid groups (broad SMARTS) is 1. The van der Waals surface area contributed by atoms with Crippen LogP contribution in [0.25, 0.3) is 0 Å². The van der Waals surface area contributed by atoms with E-state index in [4.69, 9.17) is 4.74 Å². The fourth-order valence-electron chi connectivity index (χ4n) is 2.68. The van der Waals surface area contributed by atoms with Crippen molar-refractivity contribution in [3.63, 3.8) is 0 Å². The van der Waals surface area contributed by atoms with E-state index in [-0.39, 0.29) is 6.10 Å². The van der Waals surface area contributed by atoms with Crippen molar-refractivity contribution in [2.75, 3.05) is 6.61 Å². The first-order valence-corrected chi connectivity index (χ1v) is 7.27. The normalized spacial score (nSPS) is 26.8. The molecule has 1 fully saturated rings. The minimum Gasteiger partial charge on any atom is -0.481 e. The van der Waals surface area contributed by atoms with Crippen LogP contribution in [0.1, 0.15) is 31.7 Å². The zero-order chi connectivity index (χ0) is 14.2. The van der Waals surface area contributed by atoms with Crippen molar-refractivity contribution in [2.24, 2.45) is 12.5 Å². The molecule has 2 unspecified atom stereocenters. The quantitative estimate of drug-likeness (QED) is 0.918. The molecule has 2 atom stereocenters. The van der Waals surface area contributed by atoms with Crippen LogP contribution in [0.3, 0.4) is 0 Å². The van der Waals surface area contributed by atoms with Crippen molar-refractivity contribution in [1.29, 1.82) is 0 Å². The molecular weight excluding hydrogens is 312 g/mol.